The van der Waals surface area contributed by atoms with E-state index in [1.54, 1.807) is 41.8 Å². The second-order valence-electron chi connectivity index (χ2n) is 6.24. The number of thiazole rings is 2. The van der Waals surface area contributed by atoms with Crippen LogP contribution >= 0.6 is 34.3 Å². The van der Waals surface area contributed by atoms with E-state index in [1.165, 1.54) is 34.8 Å². The third-order valence-corrected chi connectivity index (χ3v) is 7.49. The summed E-state index contributed by atoms with van der Waals surface area (Å²) in [6, 6.07) is 13.4. The molecule has 0 aliphatic heterocycles. The molecule has 2 N–H and O–H groups in total. The highest BCUT2D eigenvalue weighted by molar-refractivity contribution is 7.93. The van der Waals surface area contributed by atoms with Gasteiger partial charge in [-0.25, -0.2) is 18.4 Å². The van der Waals surface area contributed by atoms with Gasteiger partial charge in [0.2, 0.25) is 5.91 Å². The summed E-state index contributed by atoms with van der Waals surface area (Å²) in [7, 11) is -3.69. The first-order chi connectivity index (χ1) is 14.4. The number of hydrogen-bond acceptors (Lipinski definition) is 7. The number of amides is 1. The molecule has 0 aliphatic rings. The van der Waals surface area contributed by atoms with E-state index in [9.17, 15) is 13.2 Å². The lowest BCUT2D eigenvalue weighted by molar-refractivity contribution is -0.116. The van der Waals surface area contributed by atoms with Crippen LogP contribution in [0.25, 0.3) is 10.2 Å². The van der Waals surface area contributed by atoms with Crippen LogP contribution in [0.2, 0.25) is 5.02 Å². The molecule has 2 heterocycles. The van der Waals surface area contributed by atoms with Crippen molar-refractivity contribution in [2.24, 2.45) is 0 Å². The van der Waals surface area contributed by atoms with Gasteiger partial charge in [-0.15, -0.1) is 11.3 Å². The lowest BCUT2D eigenvalue weighted by atomic mass is 10.2. The van der Waals surface area contributed by atoms with Gasteiger partial charge in [0, 0.05) is 16.8 Å². The van der Waals surface area contributed by atoms with Gasteiger partial charge in [-0.3, -0.25) is 9.52 Å². The van der Waals surface area contributed by atoms with Crippen LogP contribution in [0.5, 0.6) is 0 Å². The number of rotatable bonds is 7. The highest BCUT2D eigenvalue weighted by Gasteiger charge is 2.16. The van der Waals surface area contributed by atoms with Crippen molar-refractivity contribution in [3.63, 3.8) is 0 Å². The Morgan fingerprint density at radius 2 is 1.87 bits per heavy atom. The molecule has 154 valence electrons. The van der Waals surface area contributed by atoms with E-state index in [-0.39, 0.29) is 22.4 Å². The number of anilines is 2. The van der Waals surface area contributed by atoms with Gasteiger partial charge in [0.25, 0.3) is 10.0 Å². The maximum Gasteiger partial charge on any atom is 0.263 e. The van der Waals surface area contributed by atoms with Gasteiger partial charge in [-0.05, 0) is 36.8 Å². The summed E-state index contributed by atoms with van der Waals surface area (Å²) < 4.78 is 28.1. The molecule has 1 amide bonds. The molecule has 4 aromatic rings. The van der Waals surface area contributed by atoms with Crippen LogP contribution in [0.4, 0.5) is 10.3 Å². The van der Waals surface area contributed by atoms with Crippen molar-refractivity contribution >= 4 is 70.7 Å². The Hall–Kier alpha value is -2.53. The quantitative estimate of drug-likeness (QED) is 0.398. The number of nitrogens with zero attached hydrogens (tertiary/aromatic N) is 2. The number of carbonyl (C=O) groups excluding carboxylic acids is 1. The highest BCUT2D eigenvalue weighted by Crippen LogP contribution is 2.28. The lowest BCUT2D eigenvalue weighted by Crippen LogP contribution is -2.13. The molecule has 30 heavy (non-hydrogen) atoms. The topological polar surface area (TPSA) is 101 Å². The minimum atomic E-state index is -3.69. The number of benzene rings is 2. The first-order valence-corrected chi connectivity index (χ1v) is 12.3. The number of fused-ring (bicyclic) bond motifs is 1. The van der Waals surface area contributed by atoms with Crippen molar-refractivity contribution < 1.29 is 13.2 Å². The second kappa shape index (κ2) is 8.68. The number of sulfonamides is 1. The van der Waals surface area contributed by atoms with Crippen LogP contribution in [0.1, 0.15) is 12.1 Å². The third-order valence-electron chi connectivity index (χ3n) is 4.03. The van der Waals surface area contributed by atoms with E-state index in [4.69, 9.17) is 11.6 Å². The van der Waals surface area contributed by atoms with E-state index in [0.29, 0.717) is 22.3 Å². The molecule has 11 heteroatoms. The Labute approximate surface area is 185 Å². The Bertz CT molecular complexity index is 1300. The maximum atomic E-state index is 12.4. The van der Waals surface area contributed by atoms with E-state index >= 15 is 0 Å². The fourth-order valence-corrected chi connectivity index (χ4v) is 5.79. The third kappa shape index (κ3) is 4.96. The van der Waals surface area contributed by atoms with E-state index in [1.807, 2.05) is 0 Å². The summed E-state index contributed by atoms with van der Waals surface area (Å²) in [5.74, 6) is -0.195. The van der Waals surface area contributed by atoms with Gasteiger partial charge in [0.1, 0.15) is 0 Å². The monoisotopic (exact) mass is 478 g/mol. The zero-order valence-electron chi connectivity index (χ0n) is 15.3. The standard InChI is InChI=1S/C19H15ClN4O3S3/c20-12-6-8-15-16(10-12)29-18(22-15)23-17(25)9-7-13-11-28-19(21-13)24-30(26,27)14-4-2-1-3-5-14/h1-6,8,10-11H,7,9H2,(H,21,24)(H,22,23,25). The SMILES string of the molecule is O=C(CCc1csc(NS(=O)(=O)c2ccccc2)n1)Nc1nc2ccc(Cl)cc2s1. The van der Waals surface area contributed by atoms with Gasteiger partial charge in [-0.2, -0.15) is 0 Å². The molecule has 0 atom stereocenters. The molecule has 0 saturated carbocycles. The molecule has 2 aromatic heterocycles. The molecular weight excluding hydrogens is 464 g/mol. The summed E-state index contributed by atoms with van der Waals surface area (Å²) >= 11 is 8.50. The Kier molecular flexibility index (Phi) is 6.00. The van der Waals surface area contributed by atoms with Crippen LogP contribution in [0.15, 0.2) is 58.8 Å². The Morgan fingerprint density at radius 1 is 1.07 bits per heavy atom. The van der Waals surface area contributed by atoms with Crippen LogP contribution in [-0.4, -0.2) is 24.3 Å². The molecule has 0 bridgehead atoms. The first kappa shape index (κ1) is 20.7. The van der Waals surface area contributed by atoms with Crippen LogP contribution in [0.3, 0.4) is 0 Å². The normalized spacial score (nSPS) is 11.5. The molecular formula is C19H15ClN4O3S3. The van der Waals surface area contributed by atoms with E-state index < -0.39 is 10.0 Å². The smallest absolute Gasteiger partial charge is 0.263 e. The number of aryl methyl sites for hydroxylation is 1. The predicted molar refractivity (Wildman–Crippen MR) is 121 cm³/mol. The molecule has 2 aromatic carbocycles. The van der Waals surface area contributed by atoms with Gasteiger partial charge in [0.05, 0.1) is 20.8 Å². The fraction of sp³-hybridized carbons (Fsp3) is 0.105. The Morgan fingerprint density at radius 3 is 2.67 bits per heavy atom. The van der Waals surface area contributed by atoms with Crippen LogP contribution in [0, 0.1) is 0 Å². The number of carbonyl (C=O) groups is 1. The van der Waals surface area contributed by atoms with Crippen molar-refractivity contribution in [3.05, 3.63) is 64.6 Å². The largest absolute Gasteiger partial charge is 0.302 e. The van der Waals surface area contributed by atoms with Crippen LogP contribution < -0.4 is 10.0 Å². The molecule has 0 saturated heterocycles. The summed E-state index contributed by atoms with van der Waals surface area (Å²) in [6.07, 6.45) is 0.581. The predicted octanol–water partition coefficient (Wildman–Crippen LogP) is 4.78. The van der Waals surface area contributed by atoms with Crippen molar-refractivity contribution in [2.75, 3.05) is 10.0 Å². The second-order valence-corrected chi connectivity index (χ2v) is 10.2. The molecule has 0 radical (unpaired) electrons. The fourth-order valence-electron chi connectivity index (χ4n) is 2.62. The van der Waals surface area contributed by atoms with E-state index in [2.05, 4.69) is 20.0 Å². The number of halogens is 1. The lowest BCUT2D eigenvalue weighted by Gasteiger charge is -2.04. The summed E-state index contributed by atoms with van der Waals surface area (Å²) in [4.78, 5) is 21.0. The molecule has 0 unspecified atom stereocenters. The summed E-state index contributed by atoms with van der Waals surface area (Å²) in [5.41, 5.74) is 1.41. The average Bonchev–Trinajstić information content (AvgIpc) is 3.32. The zero-order valence-corrected chi connectivity index (χ0v) is 18.5. The highest BCUT2D eigenvalue weighted by atomic mass is 35.5. The molecule has 4 rings (SSSR count). The van der Waals surface area contributed by atoms with E-state index in [0.717, 1.165) is 10.2 Å². The summed E-state index contributed by atoms with van der Waals surface area (Å²) in [5, 5.41) is 5.89. The molecule has 0 fully saturated rings. The van der Waals surface area contributed by atoms with Gasteiger partial charge in [-0.1, -0.05) is 41.1 Å². The van der Waals surface area contributed by atoms with Gasteiger partial charge >= 0.3 is 0 Å². The first-order valence-electron chi connectivity index (χ1n) is 8.77. The van der Waals surface area contributed by atoms with Crippen LogP contribution in [-0.2, 0) is 21.2 Å². The Balaban J connectivity index is 1.34. The summed E-state index contributed by atoms with van der Waals surface area (Å²) in [6.45, 7) is 0. The molecule has 0 aliphatic carbocycles. The molecule has 0 spiro atoms. The zero-order chi connectivity index (χ0) is 21.1. The van der Waals surface area contributed by atoms with Crippen molar-refractivity contribution in [1.29, 1.82) is 0 Å². The van der Waals surface area contributed by atoms with Gasteiger partial charge < -0.3 is 5.32 Å². The van der Waals surface area contributed by atoms with Crippen molar-refractivity contribution in [2.45, 2.75) is 17.7 Å². The minimum Gasteiger partial charge on any atom is -0.302 e. The van der Waals surface area contributed by atoms with Gasteiger partial charge in [0.15, 0.2) is 10.3 Å². The number of hydrogen-bond donors (Lipinski definition) is 2. The molecule has 7 nitrogen and oxygen atoms in total. The number of nitrogens with one attached hydrogen (secondary N) is 2. The van der Waals surface area contributed by atoms with Crippen molar-refractivity contribution in [3.8, 4) is 0 Å². The minimum absolute atomic E-state index is 0.165. The number of aromatic nitrogens is 2. The maximum absolute atomic E-state index is 12.4. The average molecular weight is 479 g/mol. The van der Waals surface area contributed by atoms with Crippen molar-refractivity contribution in [1.82, 2.24) is 9.97 Å².